The molecule has 6 rings (SSSR count). The van der Waals surface area contributed by atoms with E-state index < -0.39 is 0 Å². The van der Waals surface area contributed by atoms with Crippen LogP contribution < -0.4 is 14.2 Å². The van der Waals surface area contributed by atoms with E-state index in [4.69, 9.17) is 35.8 Å². The van der Waals surface area contributed by atoms with Crippen LogP contribution in [0.15, 0.2) is 67.0 Å². The van der Waals surface area contributed by atoms with Crippen molar-refractivity contribution in [3.05, 3.63) is 105 Å². The lowest BCUT2D eigenvalue weighted by Gasteiger charge is -2.37. The first-order chi connectivity index (χ1) is 22.9. The monoisotopic (exact) mass is 651 g/mol. The topological polar surface area (TPSA) is 93.9 Å². The van der Waals surface area contributed by atoms with Crippen LogP contribution in [0.2, 0.25) is 5.02 Å². The fraction of sp³-hybridized carbons (Fsp3) is 0.342. The lowest BCUT2D eigenvalue weighted by atomic mass is 9.85. The fourth-order valence-corrected chi connectivity index (χ4v) is 6.56. The van der Waals surface area contributed by atoms with Gasteiger partial charge in [-0.25, -0.2) is 0 Å². The second-order valence-electron chi connectivity index (χ2n) is 12.4. The van der Waals surface area contributed by atoms with Gasteiger partial charge in [0.15, 0.2) is 6.29 Å². The highest BCUT2D eigenvalue weighted by Gasteiger charge is 2.43. The molecule has 0 atom stereocenters. The number of aldehydes is 1. The predicted molar refractivity (Wildman–Crippen MR) is 180 cm³/mol. The third-order valence-corrected chi connectivity index (χ3v) is 9.42. The Labute approximate surface area is 280 Å². The number of pyridine rings is 1. The number of ether oxygens (including phenoxy) is 4. The first kappa shape index (κ1) is 32.5. The molecule has 0 bridgehead atoms. The molecule has 8 nitrogen and oxygen atoms in total. The third kappa shape index (κ3) is 7.44. The molecule has 3 heterocycles. The van der Waals surface area contributed by atoms with E-state index in [0.717, 1.165) is 72.8 Å². The summed E-state index contributed by atoms with van der Waals surface area (Å²) in [5, 5.41) is 9.46. The molecular formula is C38H38ClN3O5. The van der Waals surface area contributed by atoms with Crippen molar-refractivity contribution in [2.75, 3.05) is 39.5 Å². The molecule has 242 valence electrons. The zero-order valence-corrected chi connectivity index (χ0v) is 27.5. The summed E-state index contributed by atoms with van der Waals surface area (Å²) in [5.41, 5.74) is 7.28. The summed E-state index contributed by atoms with van der Waals surface area (Å²) in [6.07, 6.45) is 6.01. The van der Waals surface area contributed by atoms with Crippen LogP contribution in [-0.4, -0.2) is 55.6 Å². The van der Waals surface area contributed by atoms with Crippen LogP contribution in [-0.2, 0) is 18.0 Å². The number of hydrogen-bond donors (Lipinski definition) is 0. The summed E-state index contributed by atoms with van der Waals surface area (Å²) in [5.74, 6) is 1.63. The smallest absolute Gasteiger partial charge is 0.153 e. The van der Waals surface area contributed by atoms with E-state index in [1.54, 1.807) is 18.3 Å². The molecule has 0 unspecified atom stereocenters. The van der Waals surface area contributed by atoms with Crippen LogP contribution in [0.4, 0.5) is 0 Å². The summed E-state index contributed by atoms with van der Waals surface area (Å²) < 4.78 is 23.9. The van der Waals surface area contributed by atoms with Crippen LogP contribution in [0.1, 0.15) is 51.0 Å². The van der Waals surface area contributed by atoms with E-state index >= 15 is 0 Å². The van der Waals surface area contributed by atoms with Gasteiger partial charge in [0.2, 0.25) is 0 Å². The van der Waals surface area contributed by atoms with Crippen molar-refractivity contribution in [2.45, 2.75) is 39.9 Å². The highest BCUT2D eigenvalue weighted by Crippen LogP contribution is 2.38. The molecule has 2 fully saturated rings. The number of hydrogen-bond acceptors (Lipinski definition) is 8. The van der Waals surface area contributed by atoms with Crippen LogP contribution in [0, 0.1) is 30.6 Å². The van der Waals surface area contributed by atoms with Gasteiger partial charge >= 0.3 is 0 Å². The summed E-state index contributed by atoms with van der Waals surface area (Å²) in [7, 11) is 0. The second kappa shape index (κ2) is 14.6. The first-order valence-corrected chi connectivity index (χ1v) is 16.3. The van der Waals surface area contributed by atoms with Gasteiger partial charge in [0.1, 0.15) is 36.5 Å². The summed E-state index contributed by atoms with van der Waals surface area (Å²) in [4.78, 5) is 18.4. The average Bonchev–Trinajstić information content (AvgIpc) is 3.52. The van der Waals surface area contributed by atoms with Gasteiger partial charge in [-0.05, 0) is 79.3 Å². The molecule has 4 aromatic rings. The molecule has 1 spiro atoms. The average molecular weight is 652 g/mol. The van der Waals surface area contributed by atoms with Crippen molar-refractivity contribution in [3.63, 3.8) is 0 Å². The van der Waals surface area contributed by atoms with Gasteiger partial charge in [-0.3, -0.25) is 9.78 Å². The number of aromatic nitrogens is 1. The maximum Gasteiger partial charge on any atom is 0.153 e. The minimum absolute atomic E-state index is 0.128. The molecule has 3 aromatic carbocycles. The van der Waals surface area contributed by atoms with Crippen molar-refractivity contribution in [1.82, 2.24) is 9.88 Å². The lowest BCUT2D eigenvalue weighted by molar-refractivity contribution is -0.105. The minimum atomic E-state index is 0.128. The van der Waals surface area contributed by atoms with E-state index in [1.807, 2.05) is 24.3 Å². The molecule has 0 radical (unpaired) electrons. The largest absolute Gasteiger partial charge is 0.493 e. The zero-order valence-electron chi connectivity index (χ0n) is 26.8. The van der Waals surface area contributed by atoms with Crippen LogP contribution >= 0.6 is 11.6 Å². The fourth-order valence-electron chi connectivity index (χ4n) is 6.33. The quantitative estimate of drug-likeness (QED) is 0.109. The van der Waals surface area contributed by atoms with E-state index in [1.165, 1.54) is 18.7 Å². The Morgan fingerprint density at radius 1 is 0.979 bits per heavy atom. The van der Waals surface area contributed by atoms with Crippen molar-refractivity contribution in [2.24, 2.45) is 5.41 Å². The number of benzene rings is 3. The molecule has 0 amide bonds. The van der Waals surface area contributed by atoms with E-state index in [9.17, 15) is 4.79 Å². The molecule has 0 N–H and O–H groups in total. The number of rotatable bonds is 13. The molecule has 47 heavy (non-hydrogen) atoms. The van der Waals surface area contributed by atoms with E-state index in [-0.39, 0.29) is 13.2 Å². The number of carbonyl (C=O) groups is 1. The van der Waals surface area contributed by atoms with Crippen molar-refractivity contribution in [1.29, 1.82) is 5.26 Å². The van der Waals surface area contributed by atoms with Crippen LogP contribution in [0.5, 0.6) is 17.2 Å². The van der Waals surface area contributed by atoms with Gasteiger partial charge in [-0.15, -0.1) is 0 Å². The molecule has 9 heteroatoms. The Balaban J connectivity index is 1.10. The predicted octanol–water partition coefficient (Wildman–Crippen LogP) is 7.35. The molecule has 2 aliphatic rings. The van der Waals surface area contributed by atoms with Gasteiger partial charge in [0.05, 0.1) is 36.0 Å². The Bertz CT molecular complexity index is 1800. The molecular weight excluding hydrogens is 614 g/mol. The van der Waals surface area contributed by atoms with Gasteiger partial charge in [0.25, 0.3) is 0 Å². The van der Waals surface area contributed by atoms with Gasteiger partial charge < -0.3 is 23.8 Å². The Kier molecular flexibility index (Phi) is 10.1. The molecule has 1 aromatic heterocycles. The minimum Gasteiger partial charge on any atom is -0.493 e. The number of carbonyl (C=O) groups excluding carboxylic acids is 1. The molecule has 2 saturated heterocycles. The van der Waals surface area contributed by atoms with Gasteiger partial charge in [-0.1, -0.05) is 41.9 Å². The third-order valence-electron chi connectivity index (χ3n) is 9.12. The summed E-state index contributed by atoms with van der Waals surface area (Å²) in [6.45, 7) is 10.4. The number of halogens is 1. The zero-order chi connectivity index (χ0) is 32.8. The first-order valence-electron chi connectivity index (χ1n) is 15.9. The molecule has 0 saturated carbocycles. The summed E-state index contributed by atoms with van der Waals surface area (Å²) in [6, 6.07) is 19.3. The van der Waals surface area contributed by atoms with Crippen molar-refractivity contribution < 1.29 is 23.7 Å². The lowest BCUT2D eigenvalue weighted by Crippen LogP contribution is -2.44. The second-order valence-corrected chi connectivity index (χ2v) is 12.9. The standard InChI is InChI=1S/C38H38ClN3O5/c1-26-30(22-47-37-16-36(31(20-43)15-34(37)39)46-21-29-14-28(17-40)18-41-19-29)6-3-7-32(26)33-8-4-9-35(27(33)2)45-13-5-11-42-12-10-38(23-42)24-44-25-38/h3-4,6-9,14-16,18-20H,5,10-13,21-25H2,1-2H3. The Morgan fingerprint density at radius 3 is 2.51 bits per heavy atom. The molecule has 0 aliphatic carbocycles. The van der Waals surface area contributed by atoms with Gasteiger partial charge in [0, 0.05) is 42.5 Å². The van der Waals surface area contributed by atoms with Crippen molar-refractivity contribution in [3.8, 4) is 34.4 Å². The molecule has 2 aliphatic heterocycles. The highest BCUT2D eigenvalue weighted by molar-refractivity contribution is 6.32. The van der Waals surface area contributed by atoms with E-state index in [2.05, 4.69) is 41.9 Å². The normalized spacial score (nSPS) is 15.2. The number of nitriles is 1. The number of likely N-dealkylation sites (tertiary alicyclic amines) is 1. The SMILES string of the molecule is Cc1c(COc2cc(OCc3cncc(C#N)c3)c(C=O)cc2Cl)cccc1-c1cccc(OCCCN2CCC3(COC3)C2)c1C. The van der Waals surface area contributed by atoms with E-state index in [0.29, 0.717) is 51.5 Å². The Hall–Kier alpha value is -4.42. The number of nitrogens with zero attached hydrogens (tertiary/aromatic N) is 3. The van der Waals surface area contributed by atoms with Crippen LogP contribution in [0.3, 0.4) is 0 Å². The summed E-state index contributed by atoms with van der Waals surface area (Å²) >= 11 is 6.51. The Morgan fingerprint density at radius 2 is 1.77 bits per heavy atom. The van der Waals surface area contributed by atoms with Crippen LogP contribution in [0.25, 0.3) is 11.1 Å². The highest BCUT2D eigenvalue weighted by atomic mass is 35.5. The van der Waals surface area contributed by atoms with Gasteiger partial charge in [-0.2, -0.15) is 5.26 Å². The maximum atomic E-state index is 11.8. The van der Waals surface area contributed by atoms with Crippen molar-refractivity contribution >= 4 is 17.9 Å². The maximum absolute atomic E-state index is 11.8.